The largest absolute Gasteiger partial charge is 0.445 e. The molecule has 2 saturated heterocycles. The minimum absolute atomic E-state index is 0.194. The Kier molecular flexibility index (Phi) is 6.52. The topological polar surface area (TPSA) is 46.9 Å². The summed E-state index contributed by atoms with van der Waals surface area (Å²) >= 11 is 0. The molecule has 3 heterocycles. The maximum Gasteiger partial charge on any atom is 0.410 e. The van der Waals surface area contributed by atoms with Gasteiger partial charge in [0.2, 0.25) is 0 Å². The molecule has 0 unspecified atom stereocenters. The zero-order valence-corrected chi connectivity index (χ0v) is 17.2. The monoisotopic (exact) mass is 397 g/mol. The molecule has 0 N–H and O–H groups in total. The molecule has 2 aliphatic rings. The lowest BCUT2D eigenvalue weighted by Gasteiger charge is -2.40. The van der Waals surface area contributed by atoms with E-state index in [9.17, 15) is 4.79 Å². The van der Waals surface area contributed by atoms with E-state index in [1.165, 1.54) is 5.69 Å². The van der Waals surface area contributed by atoms with E-state index in [-0.39, 0.29) is 6.09 Å². The number of hydrogen-bond donors (Lipinski definition) is 0. The summed E-state index contributed by atoms with van der Waals surface area (Å²) in [6, 6.07) is 14.5. The Morgan fingerprint density at radius 1 is 1.10 bits per heavy atom. The van der Waals surface area contributed by atoms with Gasteiger partial charge in [0.25, 0.3) is 0 Å². The van der Waals surface area contributed by atoms with Crippen LogP contribution in [0.15, 0.2) is 48.7 Å². The molecule has 29 heavy (non-hydrogen) atoms. The Morgan fingerprint density at radius 3 is 2.62 bits per heavy atom. The standard InChI is InChI=1S/C23H31N3O3/c1-24-11-5-8-21(24)22-18-28-15-14-26(22)16-19-9-12-25(13-10-19)23(27)29-17-20-6-3-2-4-7-20/h2-8,11,19,22H,9-10,12-18H2,1H3/t22-/m1/s1. The van der Waals surface area contributed by atoms with Crippen LogP contribution in [0.4, 0.5) is 4.79 Å². The number of aromatic nitrogens is 1. The number of ether oxygens (including phenoxy) is 2. The van der Waals surface area contributed by atoms with Crippen LogP contribution in [-0.4, -0.2) is 59.9 Å². The second-order valence-electron chi connectivity index (χ2n) is 8.10. The summed E-state index contributed by atoms with van der Waals surface area (Å²) in [6.45, 7) is 5.47. The third-order valence-corrected chi connectivity index (χ3v) is 6.14. The minimum atomic E-state index is -0.194. The molecule has 0 aliphatic carbocycles. The molecule has 1 atom stereocenters. The van der Waals surface area contributed by atoms with E-state index in [0.29, 0.717) is 18.6 Å². The average molecular weight is 398 g/mol. The van der Waals surface area contributed by atoms with E-state index in [0.717, 1.165) is 57.8 Å². The molecule has 0 bridgehead atoms. The van der Waals surface area contributed by atoms with Crippen molar-refractivity contribution in [1.82, 2.24) is 14.4 Å². The van der Waals surface area contributed by atoms with Gasteiger partial charge in [-0.05, 0) is 36.5 Å². The lowest BCUT2D eigenvalue weighted by atomic mass is 9.95. The number of rotatable bonds is 5. The van der Waals surface area contributed by atoms with Crippen LogP contribution in [0.25, 0.3) is 0 Å². The number of nitrogens with zero attached hydrogens (tertiary/aromatic N) is 3. The number of carbonyl (C=O) groups is 1. The molecule has 2 fully saturated rings. The van der Waals surface area contributed by atoms with E-state index in [2.05, 4.69) is 34.8 Å². The maximum absolute atomic E-state index is 12.4. The zero-order chi connectivity index (χ0) is 20.1. The predicted octanol–water partition coefficient (Wildman–Crippen LogP) is 3.45. The van der Waals surface area contributed by atoms with Gasteiger partial charge in [-0.25, -0.2) is 4.79 Å². The SMILES string of the molecule is Cn1cccc1[C@H]1COCCN1CC1CCN(C(=O)OCc2ccccc2)CC1. The molecule has 6 nitrogen and oxygen atoms in total. The van der Waals surface area contributed by atoms with E-state index >= 15 is 0 Å². The summed E-state index contributed by atoms with van der Waals surface area (Å²) in [5.41, 5.74) is 2.33. The molecule has 1 amide bonds. The fraction of sp³-hybridized carbons (Fsp3) is 0.522. The van der Waals surface area contributed by atoms with Gasteiger partial charge >= 0.3 is 6.09 Å². The van der Waals surface area contributed by atoms with Crippen LogP contribution in [-0.2, 0) is 23.1 Å². The fourth-order valence-electron chi connectivity index (χ4n) is 4.39. The van der Waals surface area contributed by atoms with E-state index in [1.807, 2.05) is 35.2 Å². The van der Waals surface area contributed by atoms with E-state index in [1.54, 1.807) is 0 Å². The van der Waals surface area contributed by atoms with Crippen molar-refractivity contribution in [2.24, 2.45) is 13.0 Å². The van der Waals surface area contributed by atoms with Crippen molar-refractivity contribution in [1.29, 1.82) is 0 Å². The molecular formula is C23H31N3O3. The van der Waals surface area contributed by atoms with Gasteiger partial charge in [-0.3, -0.25) is 4.90 Å². The van der Waals surface area contributed by atoms with Gasteiger partial charge in [-0.2, -0.15) is 0 Å². The zero-order valence-electron chi connectivity index (χ0n) is 17.2. The summed E-state index contributed by atoms with van der Waals surface area (Å²) in [4.78, 5) is 16.8. The average Bonchev–Trinajstić information content (AvgIpc) is 3.19. The second kappa shape index (κ2) is 9.46. The molecule has 1 aromatic heterocycles. The molecule has 2 aliphatic heterocycles. The number of aryl methyl sites for hydroxylation is 1. The number of amides is 1. The first-order chi connectivity index (χ1) is 14.2. The highest BCUT2D eigenvalue weighted by Gasteiger charge is 2.30. The smallest absolute Gasteiger partial charge is 0.410 e. The highest BCUT2D eigenvalue weighted by atomic mass is 16.6. The van der Waals surface area contributed by atoms with Crippen LogP contribution in [0, 0.1) is 5.92 Å². The van der Waals surface area contributed by atoms with Gasteiger partial charge in [-0.15, -0.1) is 0 Å². The number of morpholine rings is 1. The molecular weight excluding hydrogens is 366 g/mol. The van der Waals surface area contributed by atoms with Crippen LogP contribution < -0.4 is 0 Å². The highest BCUT2D eigenvalue weighted by molar-refractivity contribution is 5.67. The van der Waals surface area contributed by atoms with Crippen LogP contribution in [0.2, 0.25) is 0 Å². The Hall–Kier alpha value is -2.31. The predicted molar refractivity (Wildman–Crippen MR) is 111 cm³/mol. The lowest BCUT2D eigenvalue weighted by Crippen LogP contribution is -2.46. The highest BCUT2D eigenvalue weighted by Crippen LogP contribution is 2.28. The van der Waals surface area contributed by atoms with Crippen LogP contribution in [0.1, 0.15) is 30.1 Å². The van der Waals surface area contributed by atoms with Crippen molar-refractivity contribution in [2.45, 2.75) is 25.5 Å². The van der Waals surface area contributed by atoms with Crippen LogP contribution in [0.3, 0.4) is 0 Å². The lowest BCUT2D eigenvalue weighted by molar-refractivity contribution is -0.0221. The Labute approximate surface area is 173 Å². The van der Waals surface area contributed by atoms with Crippen LogP contribution >= 0.6 is 0 Å². The van der Waals surface area contributed by atoms with Gasteiger partial charge in [0.15, 0.2) is 0 Å². The third kappa shape index (κ3) is 5.00. The van der Waals surface area contributed by atoms with Gasteiger partial charge in [0, 0.05) is 45.1 Å². The summed E-state index contributed by atoms with van der Waals surface area (Å²) < 4.78 is 13.4. The summed E-state index contributed by atoms with van der Waals surface area (Å²) in [5.74, 6) is 0.606. The van der Waals surface area contributed by atoms with Crippen molar-refractivity contribution in [3.05, 3.63) is 59.9 Å². The van der Waals surface area contributed by atoms with Crippen molar-refractivity contribution >= 4 is 6.09 Å². The molecule has 2 aromatic rings. The third-order valence-electron chi connectivity index (χ3n) is 6.14. The molecule has 0 saturated carbocycles. The maximum atomic E-state index is 12.4. The van der Waals surface area contributed by atoms with Crippen molar-refractivity contribution in [2.75, 3.05) is 39.4 Å². The Balaban J connectivity index is 1.26. The summed E-state index contributed by atoms with van der Waals surface area (Å²) in [6.07, 6.45) is 3.96. The number of carbonyl (C=O) groups excluding carboxylic acids is 1. The number of benzene rings is 1. The van der Waals surface area contributed by atoms with Crippen molar-refractivity contribution < 1.29 is 14.3 Å². The van der Waals surface area contributed by atoms with E-state index in [4.69, 9.17) is 9.47 Å². The molecule has 156 valence electrons. The second-order valence-corrected chi connectivity index (χ2v) is 8.10. The minimum Gasteiger partial charge on any atom is -0.445 e. The normalized spacial score (nSPS) is 21.3. The van der Waals surface area contributed by atoms with Gasteiger partial charge in [0.1, 0.15) is 6.61 Å². The van der Waals surface area contributed by atoms with Gasteiger partial charge in [0.05, 0.1) is 19.3 Å². The molecule has 6 heteroatoms. The quantitative estimate of drug-likeness (QED) is 0.775. The summed E-state index contributed by atoms with van der Waals surface area (Å²) in [5, 5.41) is 0. The Bertz CT molecular complexity index is 784. The van der Waals surface area contributed by atoms with E-state index < -0.39 is 0 Å². The van der Waals surface area contributed by atoms with Gasteiger partial charge < -0.3 is 18.9 Å². The first-order valence-corrected chi connectivity index (χ1v) is 10.6. The fourth-order valence-corrected chi connectivity index (χ4v) is 4.39. The molecule has 0 spiro atoms. The number of piperidine rings is 1. The van der Waals surface area contributed by atoms with Crippen molar-refractivity contribution in [3.8, 4) is 0 Å². The Morgan fingerprint density at radius 2 is 1.90 bits per heavy atom. The van der Waals surface area contributed by atoms with Gasteiger partial charge in [-0.1, -0.05) is 30.3 Å². The summed E-state index contributed by atoms with van der Waals surface area (Å²) in [7, 11) is 2.10. The first kappa shape index (κ1) is 20.0. The molecule has 4 rings (SSSR count). The molecule has 0 radical (unpaired) electrons. The molecule has 1 aromatic carbocycles. The number of likely N-dealkylation sites (tertiary alicyclic amines) is 1. The first-order valence-electron chi connectivity index (χ1n) is 10.6. The number of hydrogen-bond acceptors (Lipinski definition) is 4. The van der Waals surface area contributed by atoms with Crippen molar-refractivity contribution in [3.63, 3.8) is 0 Å². The van der Waals surface area contributed by atoms with Crippen LogP contribution in [0.5, 0.6) is 0 Å².